The third kappa shape index (κ3) is 5.00. The van der Waals surface area contributed by atoms with Gasteiger partial charge in [-0.3, -0.25) is 0 Å². The molecule has 9 heteroatoms. The molecule has 0 saturated carbocycles. The molecule has 0 aliphatic heterocycles. The predicted molar refractivity (Wildman–Crippen MR) is 115 cm³/mol. The number of para-hydroxylation sites is 3. The molecule has 31 heavy (non-hydrogen) atoms. The molecule has 3 rings (SSSR count). The Morgan fingerprint density at radius 3 is 2.55 bits per heavy atom. The van der Waals surface area contributed by atoms with Crippen LogP contribution in [-0.2, 0) is 16.6 Å². The molecule has 3 aromatic rings. The Balaban J connectivity index is 1.63. The van der Waals surface area contributed by atoms with E-state index in [0.29, 0.717) is 11.2 Å². The standard InChI is InChI=1S/C22H21N5O4/c1-14(24-22(30)25-15-8-4-3-5-9-15)21(29)31-13-19(28)16(12-23)20-26-17-10-6-7-11-18(17)27(20)2/h3-11,14,28H,13H2,1-2H3,(H2,24,25,30)/b19-16-/t14-/m0/s1. The van der Waals surface area contributed by atoms with Crippen molar-refractivity contribution in [2.45, 2.75) is 13.0 Å². The van der Waals surface area contributed by atoms with Gasteiger partial charge in [0.15, 0.2) is 11.6 Å². The number of aliphatic hydroxyl groups is 1. The number of allylic oxidation sites excluding steroid dienone is 1. The summed E-state index contributed by atoms with van der Waals surface area (Å²) in [7, 11) is 1.72. The predicted octanol–water partition coefficient (Wildman–Crippen LogP) is 3.12. The summed E-state index contributed by atoms with van der Waals surface area (Å²) in [5.41, 5.74) is 1.92. The van der Waals surface area contributed by atoms with E-state index >= 15 is 0 Å². The molecule has 0 aliphatic carbocycles. The van der Waals surface area contributed by atoms with Crippen molar-refractivity contribution in [2.24, 2.45) is 7.05 Å². The number of aromatic nitrogens is 2. The number of fused-ring (bicyclic) bond motifs is 1. The number of aryl methyl sites for hydroxylation is 1. The highest BCUT2D eigenvalue weighted by Crippen LogP contribution is 2.21. The van der Waals surface area contributed by atoms with Gasteiger partial charge in [0.25, 0.3) is 0 Å². The van der Waals surface area contributed by atoms with Gasteiger partial charge >= 0.3 is 12.0 Å². The summed E-state index contributed by atoms with van der Waals surface area (Å²) in [5, 5.41) is 24.9. The van der Waals surface area contributed by atoms with E-state index in [0.717, 1.165) is 5.52 Å². The second-order valence-electron chi connectivity index (χ2n) is 6.71. The van der Waals surface area contributed by atoms with Gasteiger partial charge in [0.2, 0.25) is 0 Å². The van der Waals surface area contributed by atoms with Crippen molar-refractivity contribution in [1.82, 2.24) is 14.9 Å². The monoisotopic (exact) mass is 419 g/mol. The fraction of sp³-hybridized carbons (Fsp3) is 0.182. The molecule has 158 valence electrons. The summed E-state index contributed by atoms with van der Waals surface area (Å²) in [6, 6.07) is 16.4. The van der Waals surface area contributed by atoms with E-state index in [1.165, 1.54) is 6.92 Å². The number of ether oxygens (including phenoxy) is 1. The van der Waals surface area contributed by atoms with E-state index in [4.69, 9.17) is 4.74 Å². The number of benzene rings is 2. The number of anilines is 1. The van der Waals surface area contributed by atoms with Crippen LogP contribution < -0.4 is 10.6 Å². The first-order valence-electron chi connectivity index (χ1n) is 9.44. The summed E-state index contributed by atoms with van der Waals surface area (Å²) in [5.74, 6) is -0.946. The van der Waals surface area contributed by atoms with Crippen molar-refractivity contribution in [2.75, 3.05) is 11.9 Å². The molecule has 2 amide bonds. The molecule has 0 aliphatic rings. The molecule has 9 nitrogen and oxygen atoms in total. The highest BCUT2D eigenvalue weighted by molar-refractivity contribution is 5.92. The van der Waals surface area contributed by atoms with Crippen molar-refractivity contribution < 1.29 is 19.4 Å². The third-order valence-corrected chi connectivity index (χ3v) is 4.50. The van der Waals surface area contributed by atoms with Crippen LogP contribution in [0.15, 0.2) is 60.4 Å². The first-order chi connectivity index (χ1) is 14.9. The zero-order valence-electron chi connectivity index (χ0n) is 17.0. The van der Waals surface area contributed by atoms with Crippen LogP contribution in [0.2, 0.25) is 0 Å². The maximum atomic E-state index is 12.2. The van der Waals surface area contributed by atoms with Gasteiger partial charge in [-0.25, -0.2) is 14.6 Å². The zero-order valence-corrected chi connectivity index (χ0v) is 17.0. The molecule has 0 fully saturated rings. The van der Waals surface area contributed by atoms with Crippen LogP contribution >= 0.6 is 0 Å². The number of nitrogens with one attached hydrogen (secondary N) is 2. The van der Waals surface area contributed by atoms with Crippen LogP contribution in [0.5, 0.6) is 0 Å². The molecular weight excluding hydrogens is 398 g/mol. The normalized spacial score (nSPS) is 12.4. The summed E-state index contributed by atoms with van der Waals surface area (Å²) in [4.78, 5) is 28.5. The average Bonchev–Trinajstić information content (AvgIpc) is 3.09. The summed E-state index contributed by atoms with van der Waals surface area (Å²) in [6.45, 7) is 0.918. The van der Waals surface area contributed by atoms with E-state index in [2.05, 4.69) is 15.6 Å². The van der Waals surface area contributed by atoms with Crippen LogP contribution in [0.25, 0.3) is 16.6 Å². The minimum absolute atomic E-state index is 0.103. The van der Waals surface area contributed by atoms with Gasteiger partial charge in [-0.2, -0.15) is 5.26 Å². The second kappa shape index (κ2) is 9.45. The zero-order chi connectivity index (χ0) is 22.4. The molecule has 0 unspecified atom stereocenters. The number of carbonyl (C=O) groups excluding carboxylic acids is 2. The van der Waals surface area contributed by atoms with Crippen LogP contribution in [-0.4, -0.2) is 39.3 Å². The lowest BCUT2D eigenvalue weighted by molar-refractivity contribution is -0.145. The number of esters is 1. The molecule has 1 aromatic heterocycles. The number of imidazole rings is 1. The minimum atomic E-state index is -0.974. The van der Waals surface area contributed by atoms with E-state index < -0.39 is 30.4 Å². The van der Waals surface area contributed by atoms with Gasteiger partial charge in [-0.15, -0.1) is 0 Å². The van der Waals surface area contributed by atoms with Gasteiger partial charge in [0, 0.05) is 12.7 Å². The lowest BCUT2D eigenvalue weighted by Gasteiger charge is -2.14. The number of nitrogens with zero attached hydrogens (tertiary/aromatic N) is 3. The smallest absolute Gasteiger partial charge is 0.328 e. The van der Waals surface area contributed by atoms with Gasteiger partial charge in [0.05, 0.1) is 11.0 Å². The van der Waals surface area contributed by atoms with E-state index in [9.17, 15) is 20.0 Å². The Morgan fingerprint density at radius 2 is 1.87 bits per heavy atom. The Hall–Kier alpha value is -4.32. The maximum absolute atomic E-state index is 12.2. The molecule has 1 atom stereocenters. The molecule has 2 aromatic carbocycles. The van der Waals surface area contributed by atoms with Gasteiger partial charge in [-0.1, -0.05) is 30.3 Å². The molecule has 1 heterocycles. The summed E-state index contributed by atoms with van der Waals surface area (Å²) < 4.78 is 6.73. The largest absolute Gasteiger partial charge is 0.507 e. The second-order valence-corrected chi connectivity index (χ2v) is 6.71. The fourth-order valence-electron chi connectivity index (χ4n) is 2.89. The molecular formula is C22H21N5O4. The van der Waals surface area contributed by atoms with Crippen molar-refractivity contribution >= 4 is 34.3 Å². The molecule has 3 N–H and O–H groups in total. The lowest BCUT2D eigenvalue weighted by Crippen LogP contribution is -2.42. The quantitative estimate of drug-likeness (QED) is 0.320. The van der Waals surface area contributed by atoms with Crippen LogP contribution in [0.3, 0.4) is 0 Å². The van der Waals surface area contributed by atoms with Crippen molar-refractivity contribution in [3.8, 4) is 6.07 Å². The Labute approximate surface area is 178 Å². The minimum Gasteiger partial charge on any atom is -0.507 e. The van der Waals surface area contributed by atoms with Gasteiger partial charge in [0.1, 0.15) is 24.3 Å². The van der Waals surface area contributed by atoms with Gasteiger partial charge < -0.3 is 25.0 Å². The lowest BCUT2D eigenvalue weighted by atomic mass is 10.2. The molecule has 0 saturated heterocycles. The van der Waals surface area contributed by atoms with Crippen molar-refractivity contribution in [1.29, 1.82) is 5.26 Å². The van der Waals surface area contributed by atoms with Gasteiger partial charge in [-0.05, 0) is 31.2 Å². The van der Waals surface area contributed by atoms with Crippen LogP contribution in [0.4, 0.5) is 10.5 Å². The Bertz CT molecular complexity index is 1180. The third-order valence-electron chi connectivity index (χ3n) is 4.50. The Morgan fingerprint density at radius 1 is 1.19 bits per heavy atom. The highest BCUT2D eigenvalue weighted by Gasteiger charge is 2.20. The van der Waals surface area contributed by atoms with E-state index in [-0.39, 0.29) is 11.4 Å². The SMILES string of the molecule is C[C@H](NC(=O)Nc1ccccc1)C(=O)OC/C(O)=C(\C#N)c1nc2ccccc2n1C. The number of carbonyl (C=O) groups is 2. The molecule has 0 bridgehead atoms. The average molecular weight is 419 g/mol. The fourth-order valence-corrected chi connectivity index (χ4v) is 2.89. The van der Waals surface area contributed by atoms with Crippen LogP contribution in [0.1, 0.15) is 12.7 Å². The number of urea groups is 1. The topological polar surface area (TPSA) is 129 Å². The first kappa shape index (κ1) is 21.4. The molecule has 0 spiro atoms. The number of aliphatic hydroxyl groups excluding tert-OH is 1. The summed E-state index contributed by atoms with van der Waals surface area (Å²) in [6.07, 6.45) is 0. The number of rotatable bonds is 6. The number of hydrogen-bond acceptors (Lipinski definition) is 6. The number of amides is 2. The van der Waals surface area contributed by atoms with Crippen molar-refractivity contribution in [3.05, 3.63) is 66.2 Å². The Kier molecular flexibility index (Phi) is 6.52. The number of nitriles is 1. The maximum Gasteiger partial charge on any atom is 0.328 e. The van der Waals surface area contributed by atoms with E-state index in [1.807, 2.05) is 30.3 Å². The van der Waals surface area contributed by atoms with E-state index in [1.54, 1.807) is 41.9 Å². The highest BCUT2D eigenvalue weighted by atomic mass is 16.5. The number of hydrogen-bond donors (Lipinski definition) is 3. The first-order valence-corrected chi connectivity index (χ1v) is 9.44. The van der Waals surface area contributed by atoms with Crippen molar-refractivity contribution in [3.63, 3.8) is 0 Å². The van der Waals surface area contributed by atoms with Crippen LogP contribution in [0, 0.1) is 11.3 Å². The molecule has 0 radical (unpaired) electrons. The summed E-state index contributed by atoms with van der Waals surface area (Å²) >= 11 is 0.